The molecule has 0 aromatic heterocycles. The van der Waals surface area contributed by atoms with E-state index >= 15 is 0 Å². The predicted octanol–water partition coefficient (Wildman–Crippen LogP) is 3.13. The number of nitrogens with one attached hydrogen (secondary N) is 1. The summed E-state index contributed by atoms with van der Waals surface area (Å²) in [6.45, 7) is 8.00. The Bertz CT molecular complexity index is 387. The fourth-order valence-corrected chi connectivity index (χ4v) is 3.03. The van der Waals surface area contributed by atoms with E-state index in [1.807, 2.05) is 7.05 Å². The molecule has 1 N–H and O–H groups in total. The molecular weight excluding hydrogens is 220 g/mol. The topological polar surface area (TPSA) is 15.3 Å². The number of rotatable bonds is 4. The first-order valence-electron chi connectivity index (χ1n) is 7.17. The average Bonchev–Trinajstić information content (AvgIpc) is 2.36. The van der Waals surface area contributed by atoms with Crippen molar-refractivity contribution in [3.8, 4) is 0 Å². The van der Waals surface area contributed by atoms with Crippen molar-refractivity contribution < 1.29 is 0 Å². The van der Waals surface area contributed by atoms with Crippen LogP contribution in [0.15, 0.2) is 18.2 Å². The van der Waals surface area contributed by atoms with Gasteiger partial charge in [0.15, 0.2) is 0 Å². The van der Waals surface area contributed by atoms with Gasteiger partial charge in [-0.15, -0.1) is 0 Å². The smallest absolute Gasteiger partial charge is 0.0396 e. The number of hydrogen-bond donors (Lipinski definition) is 1. The Morgan fingerprint density at radius 3 is 2.89 bits per heavy atom. The minimum atomic E-state index is 0.854. The molecule has 0 bridgehead atoms. The van der Waals surface area contributed by atoms with Crippen LogP contribution in [0.25, 0.3) is 0 Å². The van der Waals surface area contributed by atoms with Gasteiger partial charge < -0.3 is 10.2 Å². The van der Waals surface area contributed by atoms with Crippen molar-refractivity contribution in [2.24, 2.45) is 5.92 Å². The van der Waals surface area contributed by atoms with E-state index in [1.165, 1.54) is 49.2 Å². The zero-order valence-corrected chi connectivity index (χ0v) is 12.0. The molecule has 0 amide bonds. The molecule has 0 saturated carbocycles. The van der Waals surface area contributed by atoms with Crippen molar-refractivity contribution in [1.82, 2.24) is 5.32 Å². The lowest BCUT2D eigenvalue weighted by atomic mass is 9.94. The number of nitrogens with zero attached hydrogens (tertiary/aromatic N) is 1. The molecule has 1 unspecified atom stereocenters. The highest BCUT2D eigenvalue weighted by Gasteiger charge is 2.20. The number of benzene rings is 1. The van der Waals surface area contributed by atoms with Crippen LogP contribution in [0.5, 0.6) is 0 Å². The lowest BCUT2D eigenvalue weighted by molar-refractivity contribution is 0.387. The maximum absolute atomic E-state index is 3.27. The minimum absolute atomic E-state index is 0.854. The molecule has 1 aromatic carbocycles. The second kappa shape index (κ2) is 6.24. The summed E-state index contributed by atoms with van der Waals surface area (Å²) in [5.41, 5.74) is 4.22. The maximum Gasteiger partial charge on any atom is 0.0396 e. The van der Waals surface area contributed by atoms with Crippen LogP contribution in [0.1, 0.15) is 30.4 Å². The quantitative estimate of drug-likeness (QED) is 0.878. The first kappa shape index (κ1) is 13.4. The molecule has 1 atom stereocenters. The molecule has 2 nitrogen and oxygen atoms in total. The van der Waals surface area contributed by atoms with Crippen molar-refractivity contribution in [2.75, 3.05) is 31.6 Å². The Morgan fingerprint density at radius 1 is 1.33 bits per heavy atom. The molecule has 1 aromatic rings. The normalized spacial score (nSPS) is 20.2. The number of anilines is 1. The standard InChI is InChI=1S/C16H26N2/c1-13-6-7-16(14(2)11-13)18-10-4-5-15(12-18)8-9-17-3/h6-7,11,15,17H,4-5,8-10,12H2,1-3H3. The molecule has 0 radical (unpaired) electrons. The average molecular weight is 246 g/mol. The summed E-state index contributed by atoms with van der Waals surface area (Å²) in [6.07, 6.45) is 4.03. The van der Waals surface area contributed by atoms with Crippen molar-refractivity contribution >= 4 is 5.69 Å². The van der Waals surface area contributed by atoms with Crippen LogP contribution in [-0.2, 0) is 0 Å². The van der Waals surface area contributed by atoms with Gasteiger partial charge in [0.1, 0.15) is 0 Å². The molecule has 1 aliphatic rings. The fourth-order valence-electron chi connectivity index (χ4n) is 3.03. The van der Waals surface area contributed by atoms with E-state index in [1.54, 1.807) is 0 Å². The predicted molar refractivity (Wildman–Crippen MR) is 79.4 cm³/mol. The van der Waals surface area contributed by atoms with Gasteiger partial charge in [-0.25, -0.2) is 0 Å². The summed E-state index contributed by atoms with van der Waals surface area (Å²) >= 11 is 0. The SMILES string of the molecule is CNCCC1CCCN(c2ccc(C)cc2C)C1. The van der Waals surface area contributed by atoms with Gasteiger partial charge >= 0.3 is 0 Å². The van der Waals surface area contributed by atoms with Gasteiger partial charge in [-0.05, 0) is 64.3 Å². The van der Waals surface area contributed by atoms with E-state index in [0.29, 0.717) is 0 Å². The molecule has 1 heterocycles. The zero-order valence-electron chi connectivity index (χ0n) is 12.0. The van der Waals surface area contributed by atoms with Gasteiger partial charge in [0.25, 0.3) is 0 Å². The molecule has 1 saturated heterocycles. The molecule has 2 rings (SSSR count). The Balaban J connectivity index is 2.03. The summed E-state index contributed by atoms with van der Waals surface area (Å²) in [7, 11) is 2.05. The van der Waals surface area contributed by atoms with Gasteiger partial charge in [-0.2, -0.15) is 0 Å². The third kappa shape index (κ3) is 3.26. The zero-order chi connectivity index (χ0) is 13.0. The summed E-state index contributed by atoms with van der Waals surface area (Å²) in [4.78, 5) is 2.58. The van der Waals surface area contributed by atoms with Crippen LogP contribution in [0.3, 0.4) is 0 Å². The third-order valence-corrected chi connectivity index (χ3v) is 4.01. The van der Waals surface area contributed by atoms with Gasteiger partial charge in [0.05, 0.1) is 0 Å². The fraction of sp³-hybridized carbons (Fsp3) is 0.625. The first-order valence-corrected chi connectivity index (χ1v) is 7.17. The summed E-state index contributed by atoms with van der Waals surface area (Å²) in [5, 5.41) is 3.27. The highest BCUT2D eigenvalue weighted by atomic mass is 15.1. The van der Waals surface area contributed by atoms with Crippen LogP contribution in [0.4, 0.5) is 5.69 Å². The lowest BCUT2D eigenvalue weighted by Gasteiger charge is -2.35. The Labute approximate surface area is 111 Å². The highest BCUT2D eigenvalue weighted by Crippen LogP contribution is 2.27. The van der Waals surface area contributed by atoms with Crippen LogP contribution in [0, 0.1) is 19.8 Å². The monoisotopic (exact) mass is 246 g/mol. The molecule has 18 heavy (non-hydrogen) atoms. The van der Waals surface area contributed by atoms with Crippen molar-refractivity contribution in [3.63, 3.8) is 0 Å². The minimum Gasteiger partial charge on any atom is -0.371 e. The molecular formula is C16H26N2. The summed E-state index contributed by atoms with van der Waals surface area (Å²) in [5.74, 6) is 0.854. The van der Waals surface area contributed by atoms with Gasteiger partial charge in [-0.3, -0.25) is 0 Å². The van der Waals surface area contributed by atoms with Crippen molar-refractivity contribution in [1.29, 1.82) is 0 Å². The van der Waals surface area contributed by atoms with E-state index in [-0.39, 0.29) is 0 Å². The maximum atomic E-state index is 3.27. The van der Waals surface area contributed by atoms with Crippen LogP contribution < -0.4 is 10.2 Å². The van der Waals surface area contributed by atoms with Crippen molar-refractivity contribution in [2.45, 2.75) is 33.1 Å². The molecule has 1 fully saturated rings. The van der Waals surface area contributed by atoms with E-state index < -0.39 is 0 Å². The van der Waals surface area contributed by atoms with Crippen LogP contribution in [0.2, 0.25) is 0 Å². The molecule has 100 valence electrons. The Kier molecular flexibility index (Phi) is 4.65. The van der Waals surface area contributed by atoms with Crippen LogP contribution >= 0.6 is 0 Å². The van der Waals surface area contributed by atoms with E-state index in [2.05, 4.69) is 42.3 Å². The van der Waals surface area contributed by atoms with Gasteiger partial charge in [-0.1, -0.05) is 17.7 Å². The molecule has 0 spiro atoms. The highest BCUT2D eigenvalue weighted by molar-refractivity contribution is 5.54. The molecule has 1 aliphatic heterocycles. The van der Waals surface area contributed by atoms with Crippen LogP contribution in [-0.4, -0.2) is 26.7 Å². The second-order valence-electron chi connectivity index (χ2n) is 5.64. The molecule has 0 aliphatic carbocycles. The number of piperidine rings is 1. The van der Waals surface area contributed by atoms with E-state index in [0.717, 1.165) is 12.5 Å². The first-order chi connectivity index (χ1) is 8.70. The lowest BCUT2D eigenvalue weighted by Crippen LogP contribution is -2.36. The number of hydrogen-bond acceptors (Lipinski definition) is 2. The second-order valence-corrected chi connectivity index (χ2v) is 5.64. The van der Waals surface area contributed by atoms with Crippen molar-refractivity contribution in [3.05, 3.63) is 29.3 Å². The largest absolute Gasteiger partial charge is 0.371 e. The van der Waals surface area contributed by atoms with E-state index in [9.17, 15) is 0 Å². The summed E-state index contributed by atoms with van der Waals surface area (Å²) < 4.78 is 0. The Hall–Kier alpha value is -1.02. The number of aryl methyl sites for hydroxylation is 2. The third-order valence-electron chi connectivity index (χ3n) is 4.01. The van der Waals surface area contributed by atoms with E-state index in [4.69, 9.17) is 0 Å². The Morgan fingerprint density at radius 2 is 2.17 bits per heavy atom. The molecule has 2 heteroatoms. The van der Waals surface area contributed by atoms with Gasteiger partial charge in [0.2, 0.25) is 0 Å². The summed E-state index contributed by atoms with van der Waals surface area (Å²) in [6, 6.07) is 6.83. The van der Waals surface area contributed by atoms with Gasteiger partial charge in [0, 0.05) is 18.8 Å².